The zero-order valence-corrected chi connectivity index (χ0v) is 11.6. The number of hydrogen-bond donors (Lipinski definition) is 1. The third-order valence-corrected chi connectivity index (χ3v) is 2.80. The Balaban J connectivity index is 0.00000128. The second-order valence-corrected chi connectivity index (χ2v) is 3.98. The molecule has 17 heavy (non-hydrogen) atoms. The Morgan fingerprint density at radius 2 is 1.65 bits per heavy atom. The predicted octanol–water partition coefficient (Wildman–Crippen LogP) is 2.39. The number of benzene rings is 1. The van der Waals surface area contributed by atoms with Crippen LogP contribution < -0.4 is 10.6 Å². The maximum absolute atomic E-state index is 5.81. The van der Waals surface area contributed by atoms with Crippen LogP contribution in [0.2, 0.25) is 0 Å². The Morgan fingerprint density at radius 1 is 1.12 bits per heavy atom. The number of morpholine rings is 1. The molecule has 1 saturated heterocycles. The molecule has 1 fully saturated rings. The van der Waals surface area contributed by atoms with Crippen LogP contribution in [0.1, 0.15) is 18.5 Å². The average molecular weight is 279 g/mol. The van der Waals surface area contributed by atoms with E-state index in [9.17, 15) is 0 Å². The maximum atomic E-state index is 5.81. The second kappa shape index (κ2) is 7.77. The summed E-state index contributed by atoms with van der Waals surface area (Å²) in [5.41, 5.74) is 8.26. The van der Waals surface area contributed by atoms with E-state index in [4.69, 9.17) is 10.5 Å². The fourth-order valence-electron chi connectivity index (χ4n) is 1.81. The van der Waals surface area contributed by atoms with E-state index in [1.165, 1.54) is 11.3 Å². The van der Waals surface area contributed by atoms with Crippen molar-refractivity contribution in [3.8, 4) is 0 Å². The maximum Gasteiger partial charge on any atom is 0.0642 e. The molecule has 5 heteroatoms. The number of nitrogens with zero attached hydrogens (tertiary/aromatic N) is 1. The van der Waals surface area contributed by atoms with Gasteiger partial charge in [0.05, 0.1) is 13.2 Å². The molecule has 0 aliphatic carbocycles. The highest BCUT2D eigenvalue weighted by Gasteiger charge is 2.10. The summed E-state index contributed by atoms with van der Waals surface area (Å²) in [5, 5.41) is 0. The van der Waals surface area contributed by atoms with Crippen LogP contribution in [0.25, 0.3) is 0 Å². The van der Waals surface area contributed by atoms with Crippen LogP contribution in [0, 0.1) is 0 Å². The molecule has 2 rings (SSSR count). The fourth-order valence-corrected chi connectivity index (χ4v) is 1.81. The van der Waals surface area contributed by atoms with Crippen molar-refractivity contribution in [3.63, 3.8) is 0 Å². The summed E-state index contributed by atoms with van der Waals surface area (Å²) in [7, 11) is 0. The van der Waals surface area contributed by atoms with E-state index in [1.54, 1.807) is 0 Å². The SMILES string of the molecule is CC(N)c1ccc(N2CCOCC2)cc1.Cl.Cl. The van der Waals surface area contributed by atoms with Gasteiger partial charge in [-0.25, -0.2) is 0 Å². The van der Waals surface area contributed by atoms with Crippen LogP contribution in [-0.4, -0.2) is 26.3 Å². The number of anilines is 1. The Bertz CT molecular complexity index is 311. The highest BCUT2D eigenvalue weighted by Crippen LogP contribution is 2.18. The van der Waals surface area contributed by atoms with E-state index in [0.29, 0.717) is 0 Å². The van der Waals surface area contributed by atoms with Gasteiger partial charge >= 0.3 is 0 Å². The lowest BCUT2D eigenvalue weighted by atomic mass is 10.1. The van der Waals surface area contributed by atoms with Gasteiger partial charge in [-0.15, -0.1) is 24.8 Å². The smallest absolute Gasteiger partial charge is 0.0642 e. The first kappa shape index (κ1) is 16.5. The normalized spacial score (nSPS) is 16.7. The Labute approximate surface area is 115 Å². The molecule has 1 atom stereocenters. The number of halogens is 2. The van der Waals surface area contributed by atoms with Gasteiger partial charge in [0, 0.05) is 24.8 Å². The summed E-state index contributed by atoms with van der Waals surface area (Å²) < 4.78 is 5.32. The van der Waals surface area contributed by atoms with Crippen LogP contribution in [0.15, 0.2) is 24.3 Å². The van der Waals surface area contributed by atoms with E-state index < -0.39 is 0 Å². The van der Waals surface area contributed by atoms with E-state index in [2.05, 4.69) is 29.2 Å². The zero-order chi connectivity index (χ0) is 10.7. The van der Waals surface area contributed by atoms with Gasteiger partial charge in [-0.3, -0.25) is 0 Å². The Kier molecular flexibility index (Phi) is 7.55. The quantitative estimate of drug-likeness (QED) is 0.903. The molecule has 1 aliphatic heterocycles. The number of nitrogens with two attached hydrogens (primary N) is 1. The van der Waals surface area contributed by atoms with Crippen molar-refractivity contribution in [2.24, 2.45) is 5.73 Å². The monoisotopic (exact) mass is 278 g/mol. The largest absolute Gasteiger partial charge is 0.378 e. The van der Waals surface area contributed by atoms with Gasteiger partial charge in [0.2, 0.25) is 0 Å². The van der Waals surface area contributed by atoms with Gasteiger partial charge in [0.15, 0.2) is 0 Å². The molecule has 1 aliphatic rings. The predicted molar refractivity (Wildman–Crippen MR) is 76.6 cm³/mol. The van der Waals surface area contributed by atoms with Gasteiger partial charge in [-0.1, -0.05) is 12.1 Å². The molecule has 98 valence electrons. The van der Waals surface area contributed by atoms with Crippen molar-refractivity contribution in [1.29, 1.82) is 0 Å². The lowest BCUT2D eigenvalue weighted by Gasteiger charge is -2.29. The molecule has 0 bridgehead atoms. The molecule has 2 N–H and O–H groups in total. The minimum Gasteiger partial charge on any atom is -0.378 e. The van der Waals surface area contributed by atoms with E-state index in [1.807, 2.05) is 6.92 Å². The van der Waals surface area contributed by atoms with Gasteiger partial charge in [0.1, 0.15) is 0 Å². The van der Waals surface area contributed by atoms with Crippen LogP contribution >= 0.6 is 24.8 Å². The summed E-state index contributed by atoms with van der Waals surface area (Å²) >= 11 is 0. The molecule has 0 saturated carbocycles. The summed E-state index contributed by atoms with van der Waals surface area (Å²) in [6.07, 6.45) is 0. The molecule has 0 aromatic heterocycles. The molecule has 1 unspecified atom stereocenters. The van der Waals surface area contributed by atoms with Gasteiger partial charge in [-0.05, 0) is 24.6 Å². The molecule has 0 spiro atoms. The molecule has 0 radical (unpaired) electrons. The summed E-state index contributed by atoms with van der Waals surface area (Å²) in [6, 6.07) is 8.61. The minimum absolute atomic E-state index is 0. The van der Waals surface area contributed by atoms with Crippen molar-refractivity contribution >= 4 is 30.5 Å². The molecular formula is C12H20Cl2N2O. The van der Waals surface area contributed by atoms with Crippen molar-refractivity contribution in [3.05, 3.63) is 29.8 Å². The first-order valence-electron chi connectivity index (χ1n) is 5.45. The lowest BCUT2D eigenvalue weighted by molar-refractivity contribution is 0.122. The fraction of sp³-hybridized carbons (Fsp3) is 0.500. The summed E-state index contributed by atoms with van der Waals surface area (Å²) in [5.74, 6) is 0. The standard InChI is InChI=1S/C12H18N2O.2ClH/c1-10(13)11-2-4-12(5-3-11)14-6-8-15-9-7-14;;/h2-5,10H,6-9,13H2,1H3;2*1H. The highest BCUT2D eigenvalue weighted by molar-refractivity contribution is 5.85. The van der Waals surface area contributed by atoms with Gasteiger partial charge < -0.3 is 15.4 Å². The van der Waals surface area contributed by atoms with Crippen molar-refractivity contribution in [1.82, 2.24) is 0 Å². The van der Waals surface area contributed by atoms with Crippen LogP contribution in [0.3, 0.4) is 0 Å². The summed E-state index contributed by atoms with van der Waals surface area (Å²) in [6.45, 7) is 5.63. The van der Waals surface area contributed by atoms with Crippen LogP contribution in [-0.2, 0) is 4.74 Å². The van der Waals surface area contributed by atoms with Crippen molar-refractivity contribution < 1.29 is 4.74 Å². The van der Waals surface area contributed by atoms with Crippen molar-refractivity contribution in [2.45, 2.75) is 13.0 Å². The van der Waals surface area contributed by atoms with Crippen LogP contribution in [0.4, 0.5) is 5.69 Å². The zero-order valence-electron chi connectivity index (χ0n) is 9.96. The number of hydrogen-bond acceptors (Lipinski definition) is 3. The molecule has 1 aromatic rings. The second-order valence-electron chi connectivity index (χ2n) is 3.98. The molecule has 3 nitrogen and oxygen atoms in total. The topological polar surface area (TPSA) is 38.5 Å². The summed E-state index contributed by atoms with van der Waals surface area (Å²) in [4.78, 5) is 2.34. The van der Waals surface area contributed by atoms with Gasteiger partial charge in [0.25, 0.3) is 0 Å². The van der Waals surface area contributed by atoms with Gasteiger partial charge in [-0.2, -0.15) is 0 Å². The Morgan fingerprint density at radius 3 is 2.12 bits per heavy atom. The molecule has 0 amide bonds. The average Bonchev–Trinajstić information content (AvgIpc) is 2.30. The third kappa shape index (κ3) is 4.36. The molecule has 1 aromatic carbocycles. The first-order chi connectivity index (χ1) is 7.27. The molecule has 1 heterocycles. The lowest BCUT2D eigenvalue weighted by Crippen LogP contribution is -2.36. The van der Waals surface area contributed by atoms with E-state index in [0.717, 1.165) is 26.3 Å². The Hall–Kier alpha value is -0.480. The number of ether oxygens (including phenoxy) is 1. The highest BCUT2D eigenvalue weighted by atomic mass is 35.5. The molecular weight excluding hydrogens is 259 g/mol. The minimum atomic E-state index is 0. The van der Waals surface area contributed by atoms with E-state index >= 15 is 0 Å². The van der Waals surface area contributed by atoms with E-state index in [-0.39, 0.29) is 30.9 Å². The van der Waals surface area contributed by atoms with Crippen molar-refractivity contribution in [2.75, 3.05) is 31.2 Å². The third-order valence-electron chi connectivity index (χ3n) is 2.80. The first-order valence-corrected chi connectivity index (χ1v) is 5.45. The number of rotatable bonds is 2. The van der Waals surface area contributed by atoms with Crippen LogP contribution in [0.5, 0.6) is 0 Å².